The number of fused-ring (bicyclic) bond motifs is 1. The third-order valence-electron chi connectivity index (χ3n) is 5.97. The molecule has 0 fully saturated rings. The number of carbonyl (C=O) groups excluding carboxylic acids is 2. The molecule has 200 valence electrons. The molecule has 0 saturated heterocycles. The van der Waals surface area contributed by atoms with Gasteiger partial charge in [0, 0.05) is 42.8 Å². The van der Waals surface area contributed by atoms with Gasteiger partial charge >= 0.3 is 5.97 Å². The highest BCUT2D eigenvalue weighted by Crippen LogP contribution is 2.34. The number of anilines is 2. The number of benzene rings is 2. The van der Waals surface area contributed by atoms with Crippen molar-refractivity contribution in [1.82, 2.24) is 29.9 Å². The molecule has 2 aromatic carbocycles. The topological polar surface area (TPSA) is 164 Å². The van der Waals surface area contributed by atoms with E-state index in [1.54, 1.807) is 60.5 Å². The van der Waals surface area contributed by atoms with Crippen molar-refractivity contribution in [2.75, 3.05) is 24.3 Å². The number of nitrogens with zero attached hydrogens (tertiary/aromatic N) is 6. The van der Waals surface area contributed by atoms with Crippen LogP contribution < -0.4 is 10.6 Å². The molecule has 0 aliphatic heterocycles. The van der Waals surface area contributed by atoms with E-state index in [1.807, 2.05) is 6.07 Å². The summed E-state index contributed by atoms with van der Waals surface area (Å²) in [5.74, 6) is -0.510. The third kappa shape index (κ3) is 5.45. The van der Waals surface area contributed by atoms with Gasteiger partial charge in [0.05, 0.1) is 29.4 Å². The molecule has 0 saturated carbocycles. The molecule has 0 atom stereocenters. The summed E-state index contributed by atoms with van der Waals surface area (Å²) in [6.07, 6.45) is 3.51. The number of aromatic amines is 1. The maximum atomic E-state index is 12.5. The highest BCUT2D eigenvalue weighted by atomic mass is 35.5. The zero-order valence-electron chi connectivity index (χ0n) is 21.4. The molecule has 5 rings (SSSR count). The fraction of sp³-hybridized carbons (Fsp3) is 0.148. The molecular formula is C27H22ClN9O3. The molecule has 0 aliphatic rings. The first kappa shape index (κ1) is 26.3. The van der Waals surface area contributed by atoms with Gasteiger partial charge in [-0.05, 0) is 42.5 Å². The van der Waals surface area contributed by atoms with Gasteiger partial charge in [0.15, 0.2) is 11.5 Å². The molecule has 3 N–H and O–H groups in total. The maximum absolute atomic E-state index is 12.5. The molecule has 0 bridgehead atoms. The van der Waals surface area contributed by atoms with Crippen LogP contribution in [0.1, 0.15) is 22.5 Å². The molecule has 1 amide bonds. The molecule has 3 heterocycles. The van der Waals surface area contributed by atoms with E-state index in [0.717, 1.165) is 5.39 Å². The van der Waals surface area contributed by atoms with Crippen LogP contribution in [0.15, 0.2) is 54.9 Å². The number of aromatic nitrogens is 6. The van der Waals surface area contributed by atoms with Crippen LogP contribution in [0.4, 0.5) is 11.5 Å². The average Bonchev–Trinajstić information content (AvgIpc) is 3.62. The zero-order chi connectivity index (χ0) is 28.2. The predicted molar refractivity (Wildman–Crippen MR) is 149 cm³/mol. The molecule has 5 aromatic rings. The van der Waals surface area contributed by atoms with Gasteiger partial charge in [-0.25, -0.2) is 14.8 Å². The Bertz CT molecular complexity index is 1770. The molecular weight excluding hydrogens is 534 g/mol. The summed E-state index contributed by atoms with van der Waals surface area (Å²) in [5.41, 5.74) is 3.72. The average molecular weight is 556 g/mol. The van der Waals surface area contributed by atoms with E-state index in [4.69, 9.17) is 16.6 Å². The number of carbonyl (C=O) groups is 2. The molecule has 12 nitrogen and oxygen atoms in total. The Morgan fingerprint density at radius 3 is 2.65 bits per heavy atom. The number of esters is 1. The van der Waals surface area contributed by atoms with E-state index in [1.165, 1.54) is 7.11 Å². The van der Waals surface area contributed by atoms with Crippen molar-refractivity contribution in [2.24, 2.45) is 7.05 Å². The second kappa shape index (κ2) is 11.2. The number of nitriles is 1. The Kier molecular flexibility index (Phi) is 7.39. The normalized spacial score (nSPS) is 10.8. The number of aryl methyl sites for hydroxylation is 1. The Morgan fingerprint density at radius 2 is 1.95 bits per heavy atom. The Hall–Kier alpha value is -5.28. The van der Waals surface area contributed by atoms with Crippen molar-refractivity contribution >= 4 is 45.9 Å². The van der Waals surface area contributed by atoms with Crippen LogP contribution in [-0.4, -0.2) is 55.5 Å². The first-order valence-electron chi connectivity index (χ1n) is 12.0. The molecule has 0 unspecified atom stereocenters. The lowest BCUT2D eigenvalue weighted by Crippen LogP contribution is -2.17. The molecule has 3 aromatic heterocycles. The summed E-state index contributed by atoms with van der Waals surface area (Å²) in [7, 11) is 3.09. The smallest absolute Gasteiger partial charge is 0.337 e. The lowest BCUT2D eigenvalue weighted by Gasteiger charge is -2.13. The number of H-pyrrole nitrogens is 1. The minimum absolute atomic E-state index is 0.0527. The van der Waals surface area contributed by atoms with Gasteiger partial charge in [0.2, 0.25) is 5.91 Å². The van der Waals surface area contributed by atoms with Crippen LogP contribution in [0.3, 0.4) is 0 Å². The van der Waals surface area contributed by atoms with Gasteiger partial charge in [-0.15, -0.1) is 0 Å². The number of nitrogens with one attached hydrogen (secondary N) is 3. The second-order valence-corrected chi connectivity index (χ2v) is 9.10. The van der Waals surface area contributed by atoms with E-state index >= 15 is 0 Å². The van der Waals surface area contributed by atoms with Crippen molar-refractivity contribution in [3.05, 3.63) is 71.1 Å². The van der Waals surface area contributed by atoms with E-state index in [-0.39, 0.29) is 30.4 Å². The standard InChI is InChI=1S/C27H22ClN9O3/c1-37-10-8-20(36-37)25-24(16-11-17-14-31-35-23(17)19(28)12-16)33-21(13-29)26(34-25)30-9-7-22(38)32-18-5-3-15(4-6-18)27(39)40-2/h3-6,8,10-12,14H,7,9H2,1-2H3,(H,30,34)(H,31,35)(H,32,38). The van der Waals surface area contributed by atoms with Crippen LogP contribution in [0, 0.1) is 11.3 Å². The lowest BCUT2D eigenvalue weighted by atomic mass is 10.1. The van der Waals surface area contributed by atoms with E-state index in [2.05, 4.69) is 41.7 Å². The number of methoxy groups -OCH3 is 1. The van der Waals surface area contributed by atoms with Crippen LogP contribution >= 0.6 is 11.6 Å². The molecule has 40 heavy (non-hydrogen) atoms. The lowest BCUT2D eigenvalue weighted by molar-refractivity contribution is -0.115. The van der Waals surface area contributed by atoms with E-state index in [9.17, 15) is 14.9 Å². The summed E-state index contributed by atoms with van der Waals surface area (Å²) in [6, 6.07) is 13.8. The summed E-state index contributed by atoms with van der Waals surface area (Å²) in [6.45, 7) is 0.184. The maximum Gasteiger partial charge on any atom is 0.337 e. The van der Waals surface area contributed by atoms with Crippen molar-refractivity contribution in [2.45, 2.75) is 6.42 Å². The van der Waals surface area contributed by atoms with E-state index < -0.39 is 5.97 Å². The largest absolute Gasteiger partial charge is 0.465 e. The first-order valence-corrected chi connectivity index (χ1v) is 12.4. The molecule has 0 radical (unpaired) electrons. The minimum atomic E-state index is -0.460. The number of halogens is 1. The third-order valence-corrected chi connectivity index (χ3v) is 6.26. The van der Waals surface area contributed by atoms with Crippen LogP contribution in [-0.2, 0) is 16.6 Å². The Morgan fingerprint density at radius 1 is 1.15 bits per heavy atom. The quantitative estimate of drug-likeness (QED) is 0.238. The number of amides is 1. The van der Waals surface area contributed by atoms with Gasteiger partial charge in [-0.3, -0.25) is 14.6 Å². The zero-order valence-corrected chi connectivity index (χ0v) is 22.2. The highest BCUT2D eigenvalue weighted by Gasteiger charge is 2.20. The highest BCUT2D eigenvalue weighted by molar-refractivity contribution is 6.35. The number of ether oxygens (including phenoxy) is 1. The molecule has 0 spiro atoms. The van der Waals surface area contributed by atoms with Crippen molar-refractivity contribution in [3.63, 3.8) is 0 Å². The van der Waals surface area contributed by atoms with Crippen LogP contribution in [0.5, 0.6) is 0 Å². The van der Waals surface area contributed by atoms with Gasteiger partial charge in [0.25, 0.3) is 0 Å². The first-order chi connectivity index (χ1) is 19.4. The van der Waals surface area contributed by atoms with Gasteiger partial charge in [-0.2, -0.15) is 15.5 Å². The van der Waals surface area contributed by atoms with Crippen LogP contribution in [0.25, 0.3) is 33.5 Å². The monoisotopic (exact) mass is 555 g/mol. The van der Waals surface area contributed by atoms with Gasteiger partial charge in [-0.1, -0.05) is 11.6 Å². The van der Waals surface area contributed by atoms with E-state index in [0.29, 0.717) is 44.4 Å². The minimum Gasteiger partial charge on any atom is -0.465 e. The second-order valence-electron chi connectivity index (χ2n) is 8.69. The van der Waals surface area contributed by atoms with Gasteiger partial charge < -0.3 is 15.4 Å². The van der Waals surface area contributed by atoms with Crippen molar-refractivity contribution in [1.29, 1.82) is 5.26 Å². The van der Waals surface area contributed by atoms with Crippen LogP contribution in [0.2, 0.25) is 5.02 Å². The van der Waals surface area contributed by atoms with Crippen molar-refractivity contribution < 1.29 is 14.3 Å². The number of rotatable bonds is 8. The fourth-order valence-electron chi connectivity index (χ4n) is 4.03. The fourth-order valence-corrected chi connectivity index (χ4v) is 4.30. The summed E-state index contributed by atoms with van der Waals surface area (Å²) in [4.78, 5) is 33.4. The Balaban J connectivity index is 1.38. The number of hydrogen-bond acceptors (Lipinski definition) is 9. The summed E-state index contributed by atoms with van der Waals surface area (Å²) >= 11 is 6.47. The molecule has 0 aliphatic carbocycles. The van der Waals surface area contributed by atoms with Crippen molar-refractivity contribution in [3.8, 4) is 28.7 Å². The Labute approximate surface area is 233 Å². The predicted octanol–water partition coefficient (Wildman–Crippen LogP) is 4.17. The molecule has 13 heteroatoms. The number of hydrogen-bond donors (Lipinski definition) is 3. The summed E-state index contributed by atoms with van der Waals surface area (Å²) in [5, 5.41) is 28.3. The SMILES string of the molecule is COC(=O)c1ccc(NC(=O)CCNc2nc(-c3ccn(C)n3)c(-c3cc(Cl)c4[nH]ncc4c3)nc2C#N)cc1. The van der Waals surface area contributed by atoms with Gasteiger partial charge in [0.1, 0.15) is 23.2 Å². The summed E-state index contributed by atoms with van der Waals surface area (Å²) < 4.78 is 6.32.